The quantitative estimate of drug-likeness (QED) is 0.891. The fourth-order valence-electron chi connectivity index (χ4n) is 1.81. The van der Waals surface area contributed by atoms with E-state index in [1.807, 2.05) is 37.3 Å². The standard InChI is InChI=1S/C16H17ClN2O2/c1-2-14(21-15-9-4-3-8-13(15)17)16(20)19-11-12-7-5-6-10-18-12/h3-10,14H,2,11H2,1H3,(H,19,20). The average Bonchev–Trinajstić information content (AvgIpc) is 2.53. The van der Waals surface area contributed by atoms with Gasteiger partial charge >= 0.3 is 0 Å². The lowest BCUT2D eigenvalue weighted by atomic mass is 10.2. The summed E-state index contributed by atoms with van der Waals surface area (Å²) in [6.07, 6.45) is 1.67. The number of benzene rings is 1. The van der Waals surface area contributed by atoms with Gasteiger partial charge in [-0.25, -0.2) is 0 Å². The van der Waals surface area contributed by atoms with Crippen molar-refractivity contribution in [3.8, 4) is 5.75 Å². The van der Waals surface area contributed by atoms with E-state index in [-0.39, 0.29) is 5.91 Å². The van der Waals surface area contributed by atoms with Crippen molar-refractivity contribution in [3.05, 3.63) is 59.4 Å². The second-order valence-electron chi connectivity index (χ2n) is 4.48. The lowest BCUT2D eigenvalue weighted by Crippen LogP contribution is -2.37. The van der Waals surface area contributed by atoms with E-state index in [0.717, 1.165) is 5.69 Å². The van der Waals surface area contributed by atoms with Crippen LogP contribution in [0.2, 0.25) is 5.02 Å². The van der Waals surface area contributed by atoms with Gasteiger partial charge in [-0.05, 0) is 30.7 Å². The molecule has 1 N–H and O–H groups in total. The van der Waals surface area contributed by atoms with Crippen molar-refractivity contribution in [1.29, 1.82) is 0 Å². The number of carbonyl (C=O) groups excluding carboxylic acids is 1. The molecule has 0 saturated carbocycles. The summed E-state index contributed by atoms with van der Waals surface area (Å²) >= 11 is 6.04. The van der Waals surface area contributed by atoms with E-state index >= 15 is 0 Å². The van der Waals surface area contributed by atoms with Gasteiger partial charge in [-0.15, -0.1) is 0 Å². The summed E-state index contributed by atoms with van der Waals surface area (Å²) in [5.74, 6) is 0.335. The monoisotopic (exact) mass is 304 g/mol. The summed E-state index contributed by atoms with van der Waals surface area (Å²) in [7, 11) is 0. The first-order chi connectivity index (χ1) is 10.2. The zero-order valence-corrected chi connectivity index (χ0v) is 12.5. The highest BCUT2D eigenvalue weighted by Crippen LogP contribution is 2.24. The summed E-state index contributed by atoms with van der Waals surface area (Å²) in [5.41, 5.74) is 0.804. The number of halogens is 1. The highest BCUT2D eigenvalue weighted by Gasteiger charge is 2.19. The summed E-state index contributed by atoms with van der Waals surface area (Å²) in [4.78, 5) is 16.3. The van der Waals surface area contributed by atoms with Crippen molar-refractivity contribution >= 4 is 17.5 Å². The largest absolute Gasteiger partial charge is 0.479 e. The molecule has 0 aliphatic carbocycles. The van der Waals surface area contributed by atoms with Crippen LogP contribution >= 0.6 is 11.6 Å². The number of carbonyl (C=O) groups is 1. The summed E-state index contributed by atoms with van der Waals surface area (Å²) in [6.45, 7) is 2.27. The van der Waals surface area contributed by atoms with Crippen LogP contribution in [0.1, 0.15) is 19.0 Å². The third kappa shape index (κ3) is 4.46. The zero-order chi connectivity index (χ0) is 15.1. The van der Waals surface area contributed by atoms with Crippen molar-refractivity contribution in [1.82, 2.24) is 10.3 Å². The maximum atomic E-state index is 12.2. The molecule has 1 heterocycles. The molecule has 0 spiro atoms. The zero-order valence-electron chi connectivity index (χ0n) is 11.8. The fraction of sp³-hybridized carbons (Fsp3) is 0.250. The number of rotatable bonds is 6. The smallest absolute Gasteiger partial charge is 0.261 e. The van der Waals surface area contributed by atoms with Crippen LogP contribution in [0.5, 0.6) is 5.75 Å². The maximum Gasteiger partial charge on any atom is 0.261 e. The normalized spacial score (nSPS) is 11.7. The molecule has 0 aliphatic heterocycles. The van der Waals surface area contributed by atoms with E-state index in [2.05, 4.69) is 10.3 Å². The lowest BCUT2D eigenvalue weighted by molar-refractivity contribution is -0.128. The molecule has 1 aromatic heterocycles. The second-order valence-corrected chi connectivity index (χ2v) is 4.89. The molecule has 1 aromatic carbocycles. The van der Waals surface area contributed by atoms with Crippen LogP contribution in [0.25, 0.3) is 0 Å². The first kappa shape index (κ1) is 15.3. The lowest BCUT2D eigenvalue weighted by Gasteiger charge is -2.17. The molecule has 1 amide bonds. The molecule has 110 valence electrons. The van der Waals surface area contributed by atoms with E-state index in [1.54, 1.807) is 18.3 Å². The summed E-state index contributed by atoms with van der Waals surface area (Å²) in [5, 5.41) is 3.31. The minimum absolute atomic E-state index is 0.178. The number of aromatic nitrogens is 1. The van der Waals surface area contributed by atoms with Crippen LogP contribution in [0.4, 0.5) is 0 Å². The van der Waals surface area contributed by atoms with Gasteiger partial charge in [0.2, 0.25) is 0 Å². The van der Waals surface area contributed by atoms with E-state index in [0.29, 0.717) is 23.7 Å². The molecule has 0 saturated heterocycles. The molecule has 0 bridgehead atoms. The number of ether oxygens (including phenoxy) is 1. The van der Waals surface area contributed by atoms with Gasteiger partial charge in [0, 0.05) is 6.20 Å². The Morgan fingerprint density at radius 2 is 2.05 bits per heavy atom. The Hall–Kier alpha value is -2.07. The fourth-order valence-corrected chi connectivity index (χ4v) is 1.99. The van der Waals surface area contributed by atoms with E-state index < -0.39 is 6.10 Å². The highest BCUT2D eigenvalue weighted by atomic mass is 35.5. The number of nitrogens with one attached hydrogen (secondary N) is 1. The molecule has 0 fully saturated rings. The van der Waals surface area contributed by atoms with Crippen LogP contribution < -0.4 is 10.1 Å². The number of hydrogen-bond donors (Lipinski definition) is 1. The Morgan fingerprint density at radius 1 is 1.29 bits per heavy atom. The molecule has 5 heteroatoms. The Kier molecular flexibility index (Phi) is 5.58. The van der Waals surface area contributed by atoms with E-state index in [4.69, 9.17) is 16.3 Å². The van der Waals surface area contributed by atoms with Crippen molar-refractivity contribution in [2.45, 2.75) is 26.0 Å². The van der Waals surface area contributed by atoms with Gasteiger partial charge in [0.1, 0.15) is 5.75 Å². The van der Waals surface area contributed by atoms with Gasteiger partial charge < -0.3 is 10.1 Å². The number of para-hydroxylation sites is 1. The van der Waals surface area contributed by atoms with Crippen molar-refractivity contribution in [3.63, 3.8) is 0 Å². The Balaban J connectivity index is 1.94. The summed E-state index contributed by atoms with van der Waals surface area (Å²) in [6, 6.07) is 12.7. The SMILES string of the molecule is CCC(Oc1ccccc1Cl)C(=O)NCc1ccccn1. The van der Waals surface area contributed by atoms with Gasteiger partial charge in [-0.1, -0.05) is 36.7 Å². The molecule has 1 atom stereocenters. The first-order valence-electron chi connectivity index (χ1n) is 6.79. The molecule has 0 radical (unpaired) electrons. The van der Waals surface area contributed by atoms with Crippen LogP contribution in [0.3, 0.4) is 0 Å². The molecule has 2 rings (SSSR count). The predicted octanol–water partition coefficient (Wildman–Crippen LogP) is 3.21. The number of nitrogens with zero attached hydrogens (tertiary/aromatic N) is 1. The van der Waals surface area contributed by atoms with E-state index in [9.17, 15) is 4.79 Å². The molecule has 2 aromatic rings. The molecule has 4 nitrogen and oxygen atoms in total. The van der Waals surface area contributed by atoms with E-state index in [1.165, 1.54) is 0 Å². The van der Waals surface area contributed by atoms with Crippen LogP contribution in [-0.2, 0) is 11.3 Å². The maximum absolute atomic E-state index is 12.2. The minimum Gasteiger partial charge on any atom is -0.479 e. The minimum atomic E-state index is -0.575. The third-order valence-corrected chi connectivity index (χ3v) is 3.25. The van der Waals surface area contributed by atoms with Crippen molar-refractivity contribution in [2.75, 3.05) is 0 Å². The molecule has 21 heavy (non-hydrogen) atoms. The van der Waals surface area contributed by atoms with Crippen molar-refractivity contribution < 1.29 is 9.53 Å². The third-order valence-electron chi connectivity index (χ3n) is 2.94. The predicted molar refractivity (Wildman–Crippen MR) is 82.2 cm³/mol. The molecular weight excluding hydrogens is 288 g/mol. The average molecular weight is 305 g/mol. The summed E-state index contributed by atoms with van der Waals surface area (Å²) < 4.78 is 5.68. The number of hydrogen-bond acceptors (Lipinski definition) is 3. The van der Waals surface area contributed by atoms with Gasteiger partial charge in [-0.2, -0.15) is 0 Å². The Morgan fingerprint density at radius 3 is 2.71 bits per heavy atom. The van der Waals surface area contributed by atoms with Gasteiger partial charge in [-0.3, -0.25) is 9.78 Å². The highest BCUT2D eigenvalue weighted by molar-refractivity contribution is 6.32. The number of pyridine rings is 1. The van der Waals surface area contributed by atoms with Crippen LogP contribution in [0.15, 0.2) is 48.7 Å². The first-order valence-corrected chi connectivity index (χ1v) is 7.17. The van der Waals surface area contributed by atoms with Crippen LogP contribution in [0, 0.1) is 0 Å². The molecular formula is C16H17ClN2O2. The second kappa shape index (κ2) is 7.64. The number of amides is 1. The van der Waals surface area contributed by atoms with Gasteiger partial charge in [0.25, 0.3) is 5.91 Å². The van der Waals surface area contributed by atoms with Crippen molar-refractivity contribution in [2.24, 2.45) is 0 Å². The Bertz CT molecular complexity index is 590. The van der Waals surface area contributed by atoms with Gasteiger partial charge in [0.05, 0.1) is 17.3 Å². The van der Waals surface area contributed by atoms with Crippen LogP contribution in [-0.4, -0.2) is 17.0 Å². The van der Waals surface area contributed by atoms with Gasteiger partial charge in [0.15, 0.2) is 6.10 Å². The molecule has 0 aliphatic rings. The Labute approximate surface area is 129 Å². The topological polar surface area (TPSA) is 51.2 Å². The molecule has 1 unspecified atom stereocenters.